The van der Waals surface area contributed by atoms with E-state index in [0.717, 1.165) is 12.1 Å². The lowest BCUT2D eigenvalue weighted by molar-refractivity contribution is -0.384. The van der Waals surface area contributed by atoms with Gasteiger partial charge in [-0.15, -0.1) is 0 Å². The van der Waals surface area contributed by atoms with Crippen LogP contribution in [0, 0.1) is 22.0 Å². The van der Waals surface area contributed by atoms with Crippen molar-refractivity contribution in [1.29, 1.82) is 0 Å². The van der Waals surface area contributed by atoms with E-state index in [1.54, 1.807) is 0 Å². The Morgan fingerprint density at radius 3 is 2.56 bits per heavy atom. The molecule has 7 heteroatoms. The van der Waals surface area contributed by atoms with Crippen LogP contribution in [0.25, 0.3) is 0 Å². The number of rotatable bonds is 2. The van der Waals surface area contributed by atoms with Crippen molar-refractivity contribution in [3.63, 3.8) is 0 Å². The number of alkyl halides is 4. The molecule has 1 aromatic carbocycles. The lowest BCUT2D eigenvalue weighted by Crippen LogP contribution is -2.08. The average molecular weight is 322 g/mol. The van der Waals surface area contributed by atoms with Crippen molar-refractivity contribution in [2.45, 2.75) is 12.6 Å². The number of halogens is 4. The topological polar surface area (TPSA) is 43.1 Å². The van der Waals surface area contributed by atoms with Crippen molar-refractivity contribution >= 4 is 21.6 Å². The number of hydrogen-bond donors (Lipinski definition) is 0. The lowest BCUT2D eigenvalue weighted by atomic mass is 10.1. The van der Waals surface area contributed by atoms with Gasteiger partial charge in [0.1, 0.15) is 0 Å². The molecule has 0 spiro atoms. The number of nitrogens with zero attached hydrogens (tertiary/aromatic N) is 1. The van der Waals surface area contributed by atoms with Crippen LogP contribution in [-0.4, -0.2) is 10.3 Å². The maximum absolute atomic E-state index is 12.6. The van der Waals surface area contributed by atoms with Crippen LogP contribution in [0.5, 0.6) is 0 Å². The minimum Gasteiger partial charge on any atom is -0.258 e. The van der Waals surface area contributed by atoms with Gasteiger partial charge in [-0.25, -0.2) is 0 Å². The maximum atomic E-state index is 12.6. The first-order chi connectivity index (χ1) is 8.36. The second kappa shape index (κ2) is 5.87. The highest BCUT2D eigenvalue weighted by molar-refractivity contribution is 9.09. The standard InChI is InChI=1S/C11H7BrF3NO2/c12-6-2-1-3-8-7-9(16(17)18)4-5-10(8)11(13,14)15/h4-5,7H,2,6H2. The molecule has 0 radical (unpaired) electrons. The van der Waals surface area contributed by atoms with Crippen LogP contribution >= 0.6 is 15.9 Å². The summed E-state index contributed by atoms with van der Waals surface area (Å²) in [7, 11) is 0. The van der Waals surface area contributed by atoms with E-state index in [1.165, 1.54) is 0 Å². The molecule has 0 heterocycles. The van der Waals surface area contributed by atoms with Crippen LogP contribution in [-0.2, 0) is 6.18 Å². The molecule has 96 valence electrons. The Balaban J connectivity index is 3.28. The Labute approximate surface area is 109 Å². The summed E-state index contributed by atoms with van der Waals surface area (Å²) in [5.41, 5.74) is -1.75. The SMILES string of the molecule is O=[N+]([O-])c1ccc(C(F)(F)F)c(C#CCCBr)c1. The van der Waals surface area contributed by atoms with Crippen molar-refractivity contribution in [3.05, 3.63) is 39.4 Å². The third-order valence-electron chi connectivity index (χ3n) is 1.96. The van der Waals surface area contributed by atoms with Gasteiger partial charge in [-0.2, -0.15) is 13.2 Å². The summed E-state index contributed by atoms with van der Waals surface area (Å²) in [5.74, 6) is 4.82. The Kier molecular flexibility index (Phi) is 4.73. The van der Waals surface area contributed by atoms with E-state index in [9.17, 15) is 23.3 Å². The molecular formula is C11H7BrF3NO2. The smallest absolute Gasteiger partial charge is 0.258 e. The highest BCUT2D eigenvalue weighted by Gasteiger charge is 2.33. The molecule has 0 atom stereocenters. The fourth-order valence-corrected chi connectivity index (χ4v) is 1.40. The fraction of sp³-hybridized carbons (Fsp3) is 0.273. The van der Waals surface area contributed by atoms with Crippen LogP contribution < -0.4 is 0 Å². The summed E-state index contributed by atoms with van der Waals surface area (Å²) in [6, 6.07) is 2.33. The minimum atomic E-state index is -4.58. The quantitative estimate of drug-likeness (QED) is 0.360. The van der Waals surface area contributed by atoms with E-state index in [-0.39, 0.29) is 5.56 Å². The van der Waals surface area contributed by atoms with E-state index >= 15 is 0 Å². The fourth-order valence-electron chi connectivity index (χ4n) is 1.20. The third-order valence-corrected chi connectivity index (χ3v) is 2.36. The molecule has 1 rings (SSSR count). The monoisotopic (exact) mass is 321 g/mol. The van der Waals surface area contributed by atoms with Crippen molar-refractivity contribution in [2.24, 2.45) is 0 Å². The molecule has 0 unspecified atom stereocenters. The molecule has 0 aliphatic rings. The van der Waals surface area contributed by atoms with Gasteiger partial charge in [0.2, 0.25) is 0 Å². The third kappa shape index (κ3) is 3.74. The maximum Gasteiger partial charge on any atom is 0.417 e. The second-order valence-electron chi connectivity index (χ2n) is 3.23. The number of hydrogen-bond acceptors (Lipinski definition) is 2. The first kappa shape index (κ1) is 14.5. The second-order valence-corrected chi connectivity index (χ2v) is 4.02. The molecule has 0 N–H and O–H groups in total. The predicted molar refractivity (Wildman–Crippen MR) is 63.4 cm³/mol. The molecule has 18 heavy (non-hydrogen) atoms. The van der Waals surface area contributed by atoms with E-state index < -0.39 is 22.4 Å². The Hall–Kier alpha value is -1.55. The summed E-state index contributed by atoms with van der Waals surface area (Å²) in [4.78, 5) is 9.76. The summed E-state index contributed by atoms with van der Waals surface area (Å²) in [5, 5.41) is 11.0. The zero-order valence-corrected chi connectivity index (χ0v) is 10.5. The van der Waals surface area contributed by atoms with Gasteiger partial charge in [0, 0.05) is 29.4 Å². The van der Waals surface area contributed by atoms with Gasteiger partial charge in [-0.05, 0) is 6.07 Å². The molecule has 0 amide bonds. The van der Waals surface area contributed by atoms with Gasteiger partial charge < -0.3 is 0 Å². The molecule has 0 aliphatic heterocycles. The van der Waals surface area contributed by atoms with Gasteiger partial charge in [0.25, 0.3) is 5.69 Å². The number of nitro benzene ring substituents is 1. The molecule has 0 bridgehead atoms. The summed E-state index contributed by atoms with van der Waals surface area (Å²) < 4.78 is 37.9. The van der Waals surface area contributed by atoms with Crippen LogP contribution in [0.1, 0.15) is 17.5 Å². The Morgan fingerprint density at radius 1 is 1.39 bits per heavy atom. The van der Waals surface area contributed by atoms with Gasteiger partial charge in [-0.3, -0.25) is 10.1 Å². The van der Waals surface area contributed by atoms with Crippen LogP contribution in [0.2, 0.25) is 0 Å². The highest BCUT2D eigenvalue weighted by Crippen LogP contribution is 2.33. The van der Waals surface area contributed by atoms with Crippen LogP contribution in [0.4, 0.5) is 18.9 Å². The summed E-state index contributed by atoms with van der Waals surface area (Å²) >= 11 is 3.09. The number of nitro groups is 1. The van der Waals surface area contributed by atoms with Crippen LogP contribution in [0.15, 0.2) is 18.2 Å². The lowest BCUT2D eigenvalue weighted by Gasteiger charge is -2.08. The Morgan fingerprint density at radius 2 is 2.06 bits per heavy atom. The molecule has 0 aromatic heterocycles. The van der Waals surface area contributed by atoms with E-state index in [2.05, 4.69) is 27.8 Å². The van der Waals surface area contributed by atoms with E-state index in [0.29, 0.717) is 17.8 Å². The summed E-state index contributed by atoms with van der Waals surface area (Å²) in [6.45, 7) is 0. The molecule has 0 fully saturated rings. The van der Waals surface area contributed by atoms with Crippen molar-refractivity contribution in [2.75, 3.05) is 5.33 Å². The van der Waals surface area contributed by atoms with Crippen molar-refractivity contribution in [3.8, 4) is 11.8 Å². The highest BCUT2D eigenvalue weighted by atomic mass is 79.9. The predicted octanol–water partition coefficient (Wildman–Crippen LogP) is 3.75. The zero-order chi connectivity index (χ0) is 13.8. The molecule has 1 aromatic rings. The average Bonchev–Trinajstić information content (AvgIpc) is 2.27. The van der Waals surface area contributed by atoms with E-state index in [4.69, 9.17) is 0 Å². The normalized spacial score (nSPS) is 10.7. The van der Waals surface area contributed by atoms with Gasteiger partial charge in [0.15, 0.2) is 0 Å². The van der Waals surface area contributed by atoms with Crippen LogP contribution in [0.3, 0.4) is 0 Å². The molecule has 3 nitrogen and oxygen atoms in total. The van der Waals surface area contributed by atoms with Gasteiger partial charge in [0.05, 0.1) is 10.5 Å². The summed E-state index contributed by atoms with van der Waals surface area (Å²) in [6.07, 6.45) is -4.21. The Bertz CT molecular complexity index is 517. The largest absolute Gasteiger partial charge is 0.417 e. The first-order valence-corrected chi connectivity index (χ1v) is 5.89. The number of non-ortho nitro benzene ring substituents is 1. The molecular weight excluding hydrogens is 315 g/mol. The molecule has 0 saturated heterocycles. The zero-order valence-electron chi connectivity index (χ0n) is 8.92. The number of benzene rings is 1. The minimum absolute atomic E-state index is 0.361. The van der Waals surface area contributed by atoms with Gasteiger partial charge in [-0.1, -0.05) is 27.8 Å². The van der Waals surface area contributed by atoms with E-state index in [1.807, 2.05) is 0 Å². The molecule has 0 aliphatic carbocycles. The van der Waals surface area contributed by atoms with Gasteiger partial charge >= 0.3 is 6.18 Å². The van der Waals surface area contributed by atoms with Crippen molar-refractivity contribution < 1.29 is 18.1 Å². The first-order valence-electron chi connectivity index (χ1n) is 4.76. The molecule has 0 saturated carbocycles. The van der Waals surface area contributed by atoms with Crippen molar-refractivity contribution in [1.82, 2.24) is 0 Å².